The lowest BCUT2D eigenvalue weighted by Gasteiger charge is -2.28. The van der Waals surface area contributed by atoms with Crippen LogP contribution >= 0.6 is 46.4 Å². The van der Waals surface area contributed by atoms with Crippen LogP contribution < -0.4 is 0 Å². The van der Waals surface area contributed by atoms with Gasteiger partial charge >= 0.3 is 0 Å². The van der Waals surface area contributed by atoms with Gasteiger partial charge in [0.2, 0.25) is 0 Å². The van der Waals surface area contributed by atoms with Gasteiger partial charge < -0.3 is 0 Å². The molecule has 140 valence electrons. The fourth-order valence-corrected chi connectivity index (χ4v) is 3.87. The normalized spacial score (nSPS) is 18.5. The summed E-state index contributed by atoms with van der Waals surface area (Å²) in [4.78, 5) is 15.2. The van der Waals surface area contributed by atoms with Gasteiger partial charge in [-0.15, -0.1) is 0 Å². The van der Waals surface area contributed by atoms with Gasteiger partial charge in [-0.3, -0.25) is 9.69 Å². The molecular formula is C21H17Cl4NO. The summed E-state index contributed by atoms with van der Waals surface area (Å²) in [7, 11) is 0. The minimum atomic E-state index is -0.00302. The van der Waals surface area contributed by atoms with Crippen LogP contribution in [0.1, 0.15) is 18.1 Å². The van der Waals surface area contributed by atoms with E-state index in [0.717, 1.165) is 17.7 Å². The average Bonchev–Trinajstić information content (AvgIpc) is 2.62. The van der Waals surface area contributed by atoms with Gasteiger partial charge in [0.05, 0.1) is 0 Å². The van der Waals surface area contributed by atoms with Crippen molar-refractivity contribution in [3.63, 3.8) is 0 Å². The van der Waals surface area contributed by atoms with Crippen LogP contribution in [0.2, 0.25) is 20.1 Å². The summed E-state index contributed by atoms with van der Waals surface area (Å²) in [6.45, 7) is 4.03. The summed E-state index contributed by atoms with van der Waals surface area (Å²) in [6.07, 6.45) is 3.67. The second-order valence-corrected chi connectivity index (χ2v) is 7.99. The van der Waals surface area contributed by atoms with E-state index < -0.39 is 0 Å². The van der Waals surface area contributed by atoms with Crippen molar-refractivity contribution in [1.82, 2.24) is 4.90 Å². The van der Waals surface area contributed by atoms with Crippen molar-refractivity contribution in [3.8, 4) is 0 Å². The Kier molecular flexibility index (Phi) is 6.67. The van der Waals surface area contributed by atoms with E-state index in [2.05, 4.69) is 11.8 Å². The van der Waals surface area contributed by atoms with Gasteiger partial charge in [0.25, 0.3) is 0 Å². The number of likely N-dealkylation sites (N-methyl/N-ethyl adjacent to an activating group) is 1. The molecule has 0 aliphatic carbocycles. The monoisotopic (exact) mass is 439 g/mol. The first kappa shape index (κ1) is 20.4. The van der Waals surface area contributed by atoms with Gasteiger partial charge in [0.1, 0.15) is 0 Å². The highest BCUT2D eigenvalue weighted by molar-refractivity contribution is 6.36. The lowest BCUT2D eigenvalue weighted by Crippen LogP contribution is -2.37. The number of ketones is 1. The van der Waals surface area contributed by atoms with E-state index in [-0.39, 0.29) is 5.78 Å². The molecule has 0 aromatic heterocycles. The summed E-state index contributed by atoms with van der Waals surface area (Å²) in [5, 5.41) is 2.15. The Hall–Kier alpha value is -1.29. The molecule has 6 heteroatoms. The number of piperidine rings is 1. The second kappa shape index (κ2) is 8.81. The summed E-state index contributed by atoms with van der Waals surface area (Å²) in [5.41, 5.74) is 2.91. The van der Waals surface area contributed by atoms with E-state index in [0.29, 0.717) is 44.3 Å². The molecular weight excluding hydrogens is 424 g/mol. The van der Waals surface area contributed by atoms with Crippen LogP contribution in [0.15, 0.2) is 47.5 Å². The number of hydrogen-bond acceptors (Lipinski definition) is 2. The van der Waals surface area contributed by atoms with Gasteiger partial charge in [0, 0.05) is 44.3 Å². The van der Waals surface area contributed by atoms with Crippen LogP contribution in [0.25, 0.3) is 12.2 Å². The van der Waals surface area contributed by atoms with Crippen molar-refractivity contribution in [3.05, 3.63) is 78.8 Å². The molecule has 1 saturated heterocycles. The first-order valence-corrected chi connectivity index (χ1v) is 9.97. The quantitative estimate of drug-likeness (QED) is 0.496. The largest absolute Gasteiger partial charge is 0.295 e. The van der Waals surface area contributed by atoms with E-state index in [9.17, 15) is 4.79 Å². The topological polar surface area (TPSA) is 20.3 Å². The number of carbonyl (C=O) groups excluding carboxylic acids is 1. The van der Waals surface area contributed by atoms with Crippen LogP contribution in [-0.2, 0) is 4.79 Å². The van der Waals surface area contributed by atoms with E-state index in [4.69, 9.17) is 46.4 Å². The Labute approximate surface area is 179 Å². The summed E-state index contributed by atoms with van der Waals surface area (Å²) < 4.78 is 0. The minimum absolute atomic E-state index is 0.00302. The molecule has 0 radical (unpaired) electrons. The number of Topliss-reactive ketones (excluding diaryl/α,β-unsaturated/α-hetero) is 1. The minimum Gasteiger partial charge on any atom is -0.295 e. The fraction of sp³-hybridized carbons (Fsp3) is 0.190. The summed E-state index contributed by atoms with van der Waals surface area (Å²) in [6, 6.07) is 10.5. The van der Waals surface area contributed by atoms with Crippen LogP contribution in [0.3, 0.4) is 0 Å². The predicted octanol–water partition coefficient (Wildman–Crippen LogP) is 6.67. The van der Waals surface area contributed by atoms with Crippen molar-refractivity contribution < 1.29 is 4.79 Å². The Bertz CT molecular complexity index is 876. The maximum Gasteiger partial charge on any atom is 0.187 e. The molecule has 1 aliphatic rings. The number of nitrogens with zero attached hydrogens (tertiary/aromatic N) is 1. The fourth-order valence-electron chi connectivity index (χ4n) is 2.95. The number of halogens is 4. The van der Waals surface area contributed by atoms with E-state index in [1.807, 2.05) is 24.3 Å². The van der Waals surface area contributed by atoms with Crippen LogP contribution in [0, 0.1) is 0 Å². The van der Waals surface area contributed by atoms with E-state index >= 15 is 0 Å². The van der Waals surface area contributed by atoms with E-state index in [1.54, 1.807) is 24.3 Å². The van der Waals surface area contributed by atoms with Gasteiger partial charge in [-0.05, 0) is 54.1 Å². The van der Waals surface area contributed by atoms with E-state index in [1.165, 1.54) is 0 Å². The Morgan fingerprint density at radius 2 is 1.30 bits per heavy atom. The molecule has 0 N–H and O–H groups in total. The first-order chi connectivity index (χ1) is 12.9. The smallest absolute Gasteiger partial charge is 0.187 e. The molecule has 1 heterocycles. The molecule has 2 aromatic carbocycles. The highest BCUT2D eigenvalue weighted by atomic mass is 35.5. The van der Waals surface area contributed by atoms with Gasteiger partial charge in [0.15, 0.2) is 5.78 Å². The summed E-state index contributed by atoms with van der Waals surface area (Å²) in [5.74, 6) is -0.00302. The highest BCUT2D eigenvalue weighted by Crippen LogP contribution is 2.28. The van der Waals surface area contributed by atoms with Crippen molar-refractivity contribution in [2.24, 2.45) is 0 Å². The van der Waals surface area contributed by atoms with Crippen LogP contribution in [0.5, 0.6) is 0 Å². The third-order valence-corrected chi connectivity index (χ3v) is 5.53. The number of rotatable bonds is 3. The lowest BCUT2D eigenvalue weighted by molar-refractivity contribution is -0.113. The Morgan fingerprint density at radius 3 is 1.67 bits per heavy atom. The number of benzene rings is 2. The maximum atomic E-state index is 13.1. The zero-order valence-electron chi connectivity index (χ0n) is 14.6. The lowest BCUT2D eigenvalue weighted by atomic mass is 9.94. The predicted molar refractivity (Wildman–Crippen MR) is 116 cm³/mol. The van der Waals surface area contributed by atoms with Crippen molar-refractivity contribution in [2.45, 2.75) is 6.92 Å². The van der Waals surface area contributed by atoms with Crippen molar-refractivity contribution in [2.75, 3.05) is 19.6 Å². The standard InChI is InChI=1S/C21H17Cl4NO/c1-2-26-11-15(7-13-3-5-17(22)9-19(13)24)21(27)16(12-26)8-14-4-6-18(23)10-20(14)25/h3-10H,2,11-12H2,1H3. The molecule has 0 unspecified atom stereocenters. The molecule has 3 rings (SSSR count). The molecule has 0 bridgehead atoms. The number of hydrogen-bond donors (Lipinski definition) is 0. The van der Waals surface area contributed by atoms with Gasteiger partial charge in [-0.2, -0.15) is 0 Å². The van der Waals surface area contributed by atoms with Gasteiger partial charge in [-0.1, -0.05) is 65.5 Å². The molecule has 0 saturated carbocycles. The summed E-state index contributed by atoms with van der Waals surface area (Å²) >= 11 is 24.5. The Balaban J connectivity index is 2.00. The molecule has 0 amide bonds. The number of carbonyl (C=O) groups is 1. The third kappa shape index (κ3) is 4.96. The van der Waals surface area contributed by atoms with Gasteiger partial charge in [-0.25, -0.2) is 0 Å². The SMILES string of the molecule is CCN1CC(=Cc2ccc(Cl)cc2Cl)C(=O)C(=Cc2ccc(Cl)cc2Cl)C1. The molecule has 0 spiro atoms. The third-order valence-electron chi connectivity index (χ3n) is 4.40. The number of likely N-dealkylation sites (tertiary alicyclic amines) is 1. The zero-order chi connectivity index (χ0) is 19.6. The van der Waals surface area contributed by atoms with Crippen LogP contribution in [0.4, 0.5) is 0 Å². The molecule has 0 atom stereocenters. The average molecular weight is 441 g/mol. The van der Waals surface area contributed by atoms with Crippen LogP contribution in [-0.4, -0.2) is 30.3 Å². The van der Waals surface area contributed by atoms with Crippen molar-refractivity contribution >= 4 is 64.3 Å². The first-order valence-electron chi connectivity index (χ1n) is 8.45. The molecule has 27 heavy (non-hydrogen) atoms. The second-order valence-electron chi connectivity index (χ2n) is 6.30. The maximum absolute atomic E-state index is 13.1. The highest BCUT2D eigenvalue weighted by Gasteiger charge is 2.25. The molecule has 1 fully saturated rings. The van der Waals surface area contributed by atoms with Crippen molar-refractivity contribution in [1.29, 1.82) is 0 Å². The Morgan fingerprint density at radius 1 is 0.852 bits per heavy atom. The molecule has 2 aromatic rings. The molecule has 2 nitrogen and oxygen atoms in total. The molecule has 1 aliphatic heterocycles. The zero-order valence-corrected chi connectivity index (χ0v) is 17.6.